The smallest absolute Gasteiger partial charge is 0.241 e. The Balaban J connectivity index is 1.98. The Labute approximate surface area is 128 Å². The quantitative estimate of drug-likeness (QED) is 0.891. The normalized spacial score (nSPS) is 12.2. The summed E-state index contributed by atoms with van der Waals surface area (Å²) in [6.07, 6.45) is 0. The third-order valence-corrected chi connectivity index (χ3v) is 3.94. The van der Waals surface area contributed by atoms with Gasteiger partial charge in [0.05, 0.1) is 30.0 Å². The standard InChI is InChI=1S/C15H19N3O2S/c1-11(18(2)8-12-9-21-10-16-12)15(19)17-13-6-4-5-7-14(13)20-3/h4-7,9-11H,8H2,1-3H3,(H,17,19). The van der Waals surface area contributed by atoms with E-state index in [0.717, 1.165) is 5.69 Å². The van der Waals surface area contributed by atoms with Crippen LogP contribution in [0.5, 0.6) is 5.75 Å². The van der Waals surface area contributed by atoms with Crippen molar-refractivity contribution < 1.29 is 9.53 Å². The summed E-state index contributed by atoms with van der Waals surface area (Å²) in [6, 6.07) is 7.11. The van der Waals surface area contributed by atoms with Gasteiger partial charge >= 0.3 is 0 Å². The van der Waals surface area contributed by atoms with Crippen LogP contribution in [0.4, 0.5) is 5.69 Å². The van der Waals surface area contributed by atoms with Crippen LogP contribution in [0.25, 0.3) is 0 Å². The van der Waals surface area contributed by atoms with Crippen LogP contribution in [-0.2, 0) is 11.3 Å². The number of aromatic nitrogens is 1. The van der Waals surface area contributed by atoms with E-state index in [4.69, 9.17) is 4.74 Å². The molecule has 2 aromatic rings. The molecule has 1 heterocycles. The molecule has 0 saturated heterocycles. The average Bonchev–Trinajstić information content (AvgIpc) is 2.99. The predicted octanol–water partition coefficient (Wildman–Crippen LogP) is 2.61. The molecule has 0 aliphatic heterocycles. The van der Waals surface area contributed by atoms with Crippen molar-refractivity contribution in [2.45, 2.75) is 19.5 Å². The fraction of sp³-hybridized carbons (Fsp3) is 0.333. The van der Waals surface area contributed by atoms with Crippen LogP contribution in [-0.4, -0.2) is 36.0 Å². The first-order valence-corrected chi connectivity index (χ1v) is 7.57. The number of benzene rings is 1. The lowest BCUT2D eigenvalue weighted by Gasteiger charge is -2.23. The van der Waals surface area contributed by atoms with Crippen molar-refractivity contribution in [1.82, 2.24) is 9.88 Å². The van der Waals surface area contributed by atoms with Crippen molar-refractivity contribution in [1.29, 1.82) is 0 Å². The fourth-order valence-electron chi connectivity index (χ4n) is 1.89. The summed E-state index contributed by atoms with van der Waals surface area (Å²) in [7, 11) is 3.49. The molecular weight excluding hydrogens is 286 g/mol. The first kappa shape index (κ1) is 15.5. The Kier molecular flexibility index (Phi) is 5.30. The lowest BCUT2D eigenvalue weighted by Crippen LogP contribution is -2.39. The zero-order valence-electron chi connectivity index (χ0n) is 12.4. The number of likely N-dealkylation sites (N-methyl/N-ethyl adjacent to an activating group) is 1. The van der Waals surface area contributed by atoms with Crippen LogP contribution in [0.1, 0.15) is 12.6 Å². The molecule has 1 unspecified atom stereocenters. The second-order valence-electron chi connectivity index (χ2n) is 4.76. The van der Waals surface area contributed by atoms with Gasteiger partial charge in [0.2, 0.25) is 5.91 Å². The molecule has 0 aliphatic rings. The SMILES string of the molecule is COc1ccccc1NC(=O)C(C)N(C)Cc1cscn1. The van der Waals surface area contributed by atoms with E-state index in [-0.39, 0.29) is 11.9 Å². The van der Waals surface area contributed by atoms with Gasteiger partial charge in [-0.2, -0.15) is 0 Å². The van der Waals surface area contributed by atoms with E-state index in [2.05, 4.69) is 10.3 Å². The Morgan fingerprint density at radius 3 is 2.90 bits per heavy atom. The summed E-state index contributed by atoms with van der Waals surface area (Å²) in [5.74, 6) is 0.581. The number of amides is 1. The summed E-state index contributed by atoms with van der Waals surface area (Å²) in [6.45, 7) is 2.52. The van der Waals surface area contributed by atoms with Crippen molar-refractivity contribution in [3.05, 3.63) is 40.8 Å². The first-order chi connectivity index (χ1) is 10.1. The van der Waals surface area contributed by atoms with E-state index in [0.29, 0.717) is 18.0 Å². The van der Waals surface area contributed by atoms with Gasteiger partial charge in [-0.05, 0) is 26.1 Å². The molecule has 0 radical (unpaired) electrons. The number of methoxy groups -OCH3 is 1. The van der Waals surface area contributed by atoms with Gasteiger partial charge in [-0.15, -0.1) is 11.3 Å². The maximum Gasteiger partial charge on any atom is 0.241 e. The number of para-hydroxylation sites is 2. The zero-order chi connectivity index (χ0) is 15.2. The second-order valence-corrected chi connectivity index (χ2v) is 5.48. The molecule has 0 saturated carbocycles. The molecule has 1 amide bonds. The number of nitrogens with one attached hydrogen (secondary N) is 1. The molecule has 6 heteroatoms. The van der Waals surface area contributed by atoms with Crippen LogP contribution in [0, 0.1) is 0 Å². The number of hydrogen-bond acceptors (Lipinski definition) is 5. The van der Waals surface area contributed by atoms with E-state index in [1.165, 1.54) is 0 Å². The lowest BCUT2D eigenvalue weighted by atomic mass is 10.2. The van der Waals surface area contributed by atoms with Crippen LogP contribution < -0.4 is 10.1 Å². The average molecular weight is 305 g/mol. The monoisotopic (exact) mass is 305 g/mol. The van der Waals surface area contributed by atoms with Gasteiger partial charge in [0.1, 0.15) is 5.75 Å². The summed E-state index contributed by atoms with van der Waals surface area (Å²) in [4.78, 5) is 18.5. The number of hydrogen-bond donors (Lipinski definition) is 1. The molecule has 1 atom stereocenters. The third kappa shape index (κ3) is 4.03. The highest BCUT2D eigenvalue weighted by atomic mass is 32.1. The molecule has 0 aliphatic carbocycles. The van der Waals surface area contributed by atoms with E-state index < -0.39 is 0 Å². The van der Waals surface area contributed by atoms with Gasteiger partial charge in [0, 0.05) is 11.9 Å². The van der Waals surface area contributed by atoms with Gasteiger partial charge in [-0.25, -0.2) is 4.98 Å². The van der Waals surface area contributed by atoms with Gasteiger partial charge in [-0.3, -0.25) is 9.69 Å². The van der Waals surface area contributed by atoms with Crippen molar-refractivity contribution in [3.63, 3.8) is 0 Å². The van der Waals surface area contributed by atoms with Crippen LogP contribution >= 0.6 is 11.3 Å². The fourth-order valence-corrected chi connectivity index (χ4v) is 2.44. The predicted molar refractivity (Wildman–Crippen MR) is 84.7 cm³/mol. The topological polar surface area (TPSA) is 54.5 Å². The summed E-state index contributed by atoms with van der Waals surface area (Å²) >= 11 is 1.55. The zero-order valence-corrected chi connectivity index (χ0v) is 13.2. The molecular formula is C15H19N3O2S. The van der Waals surface area contributed by atoms with Crippen LogP contribution in [0.2, 0.25) is 0 Å². The van der Waals surface area contributed by atoms with Gasteiger partial charge in [-0.1, -0.05) is 12.1 Å². The molecule has 1 N–H and O–H groups in total. The van der Waals surface area contributed by atoms with E-state index >= 15 is 0 Å². The Bertz CT molecular complexity index is 586. The van der Waals surface area contributed by atoms with Gasteiger partial charge in [0.15, 0.2) is 0 Å². The highest BCUT2D eigenvalue weighted by molar-refractivity contribution is 7.07. The molecule has 1 aromatic carbocycles. The Morgan fingerprint density at radius 2 is 2.24 bits per heavy atom. The minimum absolute atomic E-state index is 0.0720. The Hall–Kier alpha value is -1.92. The number of thiazole rings is 1. The van der Waals surface area contributed by atoms with Crippen molar-refractivity contribution in [2.24, 2.45) is 0 Å². The number of anilines is 1. The minimum atomic E-state index is -0.267. The highest BCUT2D eigenvalue weighted by Gasteiger charge is 2.19. The number of carbonyl (C=O) groups excluding carboxylic acids is 1. The largest absolute Gasteiger partial charge is 0.495 e. The van der Waals surface area contributed by atoms with Crippen molar-refractivity contribution in [2.75, 3.05) is 19.5 Å². The van der Waals surface area contributed by atoms with E-state index in [1.54, 1.807) is 24.0 Å². The molecule has 0 bridgehead atoms. The van der Waals surface area contributed by atoms with E-state index in [1.807, 2.05) is 48.5 Å². The van der Waals surface area contributed by atoms with Gasteiger partial charge in [0.25, 0.3) is 0 Å². The lowest BCUT2D eigenvalue weighted by molar-refractivity contribution is -0.120. The van der Waals surface area contributed by atoms with Crippen LogP contribution in [0.3, 0.4) is 0 Å². The maximum atomic E-state index is 12.3. The summed E-state index contributed by atoms with van der Waals surface area (Å²) in [5.41, 5.74) is 3.45. The number of rotatable bonds is 6. The number of nitrogens with zero attached hydrogens (tertiary/aromatic N) is 2. The Morgan fingerprint density at radius 1 is 1.48 bits per heavy atom. The minimum Gasteiger partial charge on any atom is -0.495 e. The maximum absolute atomic E-state index is 12.3. The molecule has 21 heavy (non-hydrogen) atoms. The molecule has 112 valence electrons. The summed E-state index contributed by atoms with van der Waals surface area (Å²) in [5, 5.41) is 4.89. The van der Waals surface area contributed by atoms with E-state index in [9.17, 15) is 4.79 Å². The first-order valence-electron chi connectivity index (χ1n) is 6.63. The van der Waals surface area contributed by atoms with Crippen molar-refractivity contribution in [3.8, 4) is 5.75 Å². The highest BCUT2D eigenvalue weighted by Crippen LogP contribution is 2.23. The molecule has 0 spiro atoms. The van der Waals surface area contributed by atoms with Crippen molar-refractivity contribution >= 4 is 22.9 Å². The van der Waals surface area contributed by atoms with Gasteiger partial charge < -0.3 is 10.1 Å². The molecule has 5 nitrogen and oxygen atoms in total. The molecule has 0 fully saturated rings. The molecule has 2 rings (SSSR count). The third-order valence-electron chi connectivity index (χ3n) is 3.30. The molecule has 1 aromatic heterocycles. The number of ether oxygens (including phenoxy) is 1. The second kappa shape index (κ2) is 7.19. The van der Waals surface area contributed by atoms with Crippen LogP contribution in [0.15, 0.2) is 35.2 Å². The summed E-state index contributed by atoms with van der Waals surface area (Å²) < 4.78 is 5.23. The number of carbonyl (C=O) groups is 1.